The van der Waals surface area contributed by atoms with E-state index in [0.717, 1.165) is 12.1 Å². The Kier molecular flexibility index (Phi) is 4.49. The summed E-state index contributed by atoms with van der Waals surface area (Å²) in [5, 5.41) is 12.0. The van der Waals surface area contributed by atoms with Gasteiger partial charge in [-0.2, -0.15) is 26.3 Å². The number of halogens is 6. The first-order valence-corrected chi connectivity index (χ1v) is 6.81. The zero-order valence-electron chi connectivity index (χ0n) is 12.5. The highest BCUT2D eigenvalue weighted by atomic mass is 19.4. The molecule has 3 atom stereocenters. The number of benzene rings is 1. The van der Waals surface area contributed by atoms with Crippen LogP contribution in [0.3, 0.4) is 0 Å². The van der Waals surface area contributed by atoms with E-state index in [1.165, 1.54) is 18.2 Å². The van der Waals surface area contributed by atoms with Crippen molar-refractivity contribution in [3.63, 3.8) is 0 Å². The van der Waals surface area contributed by atoms with Crippen LogP contribution < -0.4 is 5.32 Å². The summed E-state index contributed by atoms with van der Waals surface area (Å²) >= 11 is 0. The molecular weight excluding hydrogens is 358 g/mol. The predicted molar refractivity (Wildman–Crippen MR) is 71.0 cm³/mol. The van der Waals surface area contributed by atoms with Crippen molar-refractivity contribution < 1.29 is 41.0 Å². The maximum atomic E-state index is 13.4. The minimum Gasteiger partial charge on any atom is -0.363 e. The Balaban J connectivity index is 2.70. The fraction of sp³-hybridized carbons (Fsp3) is 0.429. The molecule has 0 bridgehead atoms. The molecular formula is C14H12F6N2O3. The molecule has 1 heterocycles. The first-order valence-electron chi connectivity index (χ1n) is 6.81. The number of hydrogen-bond donors (Lipinski definition) is 2. The van der Waals surface area contributed by atoms with Crippen molar-refractivity contribution in [1.29, 1.82) is 0 Å². The molecule has 1 aromatic carbocycles. The number of rotatable bonds is 2. The van der Waals surface area contributed by atoms with Gasteiger partial charge < -0.3 is 10.4 Å². The smallest absolute Gasteiger partial charge is 0.363 e. The van der Waals surface area contributed by atoms with Crippen LogP contribution in [0, 0.1) is 5.92 Å². The number of ketones is 1. The monoisotopic (exact) mass is 370 g/mol. The van der Waals surface area contributed by atoms with E-state index in [2.05, 4.69) is 0 Å². The van der Waals surface area contributed by atoms with E-state index in [4.69, 9.17) is 0 Å². The summed E-state index contributed by atoms with van der Waals surface area (Å²) < 4.78 is 79.1. The Labute approximate surface area is 137 Å². The molecule has 1 aliphatic heterocycles. The molecule has 0 spiro atoms. The number of hydrogen-bond acceptors (Lipinski definition) is 3. The number of urea groups is 1. The largest absolute Gasteiger partial charge is 0.450 e. The van der Waals surface area contributed by atoms with Crippen LogP contribution >= 0.6 is 0 Å². The molecule has 1 aromatic rings. The lowest BCUT2D eigenvalue weighted by atomic mass is 9.78. The average molecular weight is 370 g/mol. The van der Waals surface area contributed by atoms with E-state index in [0.29, 0.717) is 7.05 Å². The molecule has 5 nitrogen and oxygen atoms in total. The maximum absolute atomic E-state index is 13.4. The van der Waals surface area contributed by atoms with Gasteiger partial charge in [-0.1, -0.05) is 30.3 Å². The lowest BCUT2D eigenvalue weighted by Gasteiger charge is -2.49. The molecule has 2 rings (SSSR count). The summed E-state index contributed by atoms with van der Waals surface area (Å²) in [6.45, 7) is 0. The highest BCUT2D eigenvalue weighted by molar-refractivity contribution is 5.91. The molecule has 2 amide bonds. The van der Waals surface area contributed by atoms with E-state index in [9.17, 15) is 41.0 Å². The molecule has 11 heteroatoms. The van der Waals surface area contributed by atoms with E-state index >= 15 is 0 Å². The first kappa shape index (κ1) is 19.0. The molecule has 1 fully saturated rings. The number of aliphatic hydroxyl groups is 1. The summed E-state index contributed by atoms with van der Waals surface area (Å²) in [7, 11) is 0.459. The Hall–Kier alpha value is -2.30. The molecule has 138 valence electrons. The molecule has 0 aromatic heterocycles. The lowest BCUT2D eigenvalue weighted by Crippen LogP contribution is -2.73. The van der Waals surface area contributed by atoms with E-state index in [-0.39, 0.29) is 10.5 Å². The van der Waals surface area contributed by atoms with Gasteiger partial charge in [-0.25, -0.2) is 4.79 Å². The van der Waals surface area contributed by atoms with Gasteiger partial charge in [0, 0.05) is 7.05 Å². The molecule has 2 N–H and O–H groups in total. The molecule has 0 saturated carbocycles. The van der Waals surface area contributed by atoms with Crippen molar-refractivity contribution in [3.8, 4) is 0 Å². The number of amides is 2. The molecule has 1 saturated heterocycles. The van der Waals surface area contributed by atoms with Crippen LogP contribution in [0.25, 0.3) is 0 Å². The van der Waals surface area contributed by atoms with Gasteiger partial charge in [0.1, 0.15) is 5.92 Å². The average Bonchev–Trinajstić information content (AvgIpc) is 2.50. The van der Waals surface area contributed by atoms with Crippen LogP contribution in [-0.2, 0) is 4.79 Å². The SMILES string of the molecule is CN1C(=O)N[C@H](c2ccccc2)[C@H](C(=O)C(F)(F)F)[C@]1(O)C(F)(F)F. The minimum absolute atomic E-state index is 0.186. The Morgan fingerprint density at radius 3 is 2.12 bits per heavy atom. The summed E-state index contributed by atoms with van der Waals surface area (Å²) in [5.74, 6) is -5.84. The van der Waals surface area contributed by atoms with Crippen molar-refractivity contribution in [2.24, 2.45) is 5.92 Å². The van der Waals surface area contributed by atoms with Crippen molar-refractivity contribution >= 4 is 11.8 Å². The van der Waals surface area contributed by atoms with Gasteiger partial charge >= 0.3 is 18.4 Å². The predicted octanol–water partition coefficient (Wildman–Crippen LogP) is 2.38. The Bertz CT molecular complexity index is 675. The summed E-state index contributed by atoms with van der Waals surface area (Å²) in [6.07, 6.45) is -11.4. The molecule has 0 unspecified atom stereocenters. The van der Waals surface area contributed by atoms with Gasteiger partial charge in [-0.05, 0) is 5.56 Å². The number of carbonyl (C=O) groups is 2. The number of Topliss-reactive ketones (excluding diaryl/α,β-unsaturated/α-hetero) is 1. The number of carbonyl (C=O) groups excluding carboxylic acids is 2. The fourth-order valence-corrected chi connectivity index (χ4v) is 2.72. The van der Waals surface area contributed by atoms with Crippen LogP contribution in [0.4, 0.5) is 31.1 Å². The van der Waals surface area contributed by atoms with Crippen molar-refractivity contribution in [1.82, 2.24) is 10.2 Å². The highest BCUT2D eigenvalue weighted by Crippen LogP contribution is 2.48. The minimum atomic E-state index is -5.71. The number of nitrogens with one attached hydrogen (secondary N) is 1. The van der Waals surface area contributed by atoms with Crippen molar-refractivity contribution in [3.05, 3.63) is 35.9 Å². The van der Waals surface area contributed by atoms with Gasteiger partial charge in [0.05, 0.1) is 6.04 Å². The highest BCUT2D eigenvalue weighted by Gasteiger charge is 2.71. The standard InChI is InChI=1S/C14H12F6N2O3/c1-22-11(24)21-9(7-5-3-2-4-6-7)8(10(23)13(15,16)17)12(22,25)14(18,19)20/h2-6,8-9,25H,1H3,(H,21,24)/t8-,9-,12+/m1/s1. The molecule has 0 radical (unpaired) electrons. The summed E-state index contributed by atoms with van der Waals surface area (Å²) in [6, 6.07) is 2.85. The second-order valence-corrected chi connectivity index (χ2v) is 5.46. The van der Waals surface area contributed by atoms with Crippen molar-refractivity contribution in [2.75, 3.05) is 7.05 Å². The van der Waals surface area contributed by atoms with Crippen LogP contribution in [0.1, 0.15) is 11.6 Å². The zero-order valence-corrected chi connectivity index (χ0v) is 12.5. The van der Waals surface area contributed by atoms with Crippen molar-refractivity contribution in [2.45, 2.75) is 24.1 Å². The van der Waals surface area contributed by atoms with Crippen LogP contribution in [0.2, 0.25) is 0 Å². The lowest BCUT2D eigenvalue weighted by molar-refractivity contribution is -0.328. The normalized spacial score (nSPS) is 27.8. The topological polar surface area (TPSA) is 69.6 Å². The van der Waals surface area contributed by atoms with Gasteiger partial charge in [0.15, 0.2) is 0 Å². The molecule has 0 aliphatic carbocycles. The first-order chi connectivity index (χ1) is 11.3. The van der Waals surface area contributed by atoms with Gasteiger partial charge in [0.2, 0.25) is 5.78 Å². The number of alkyl halides is 6. The Morgan fingerprint density at radius 2 is 1.68 bits per heavy atom. The Morgan fingerprint density at radius 1 is 1.16 bits per heavy atom. The molecule has 1 aliphatic rings. The fourth-order valence-electron chi connectivity index (χ4n) is 2.72. The van der Waals surface area contributed by atoms with E-state index < -0.39 is 41.9 Å². The second kappa shape index (κ2) is 5.90. The van der Waals surface area contributed by atoms with Gasteiger partial charge in [-0.15, -0.1) is 0 Å². The van der Waals surface area contributed by atoms with Crippen LogP contribution in [0.15, 0.2) is 30.3 Å². The van der Waals surface area contributed by atoms with Crippen LogP contribution in [0.5, 0.6) is 0 Å². The third kappa shape index (κ3) is 3.03. The third-order valence-corrected chi connectivity index (χ3v) is 4.00. The quantitative estimate of drug-likeness (QED) is 0.786. The van der Waals surface area contributed by atoms with E-state index in [1.807, 2.05) is 5.32 Å². The third-order valence-electron chi connectivity index (χ3n) is 4.00. The molecule has 25 heavy (non-hydrogen) atoms. The summed E-state index contributed by atoms with van der Waals surface area (Å²) in [4.78, 5) is 23.2. The van der Waals surface area contributed by atoms with Gasteiger partial charge in [-0.3, -0.25) is 9.69 Å². The summed E-state index contributed by atoms with van der Waals surface area (Å²) in [5.41, 5.74) is -4.52. The zero-order chi connectivity index (χ0) is 19.2. The number of nitrogens with zero attached hydrogens (tertiary/aromatic N) is 1. The van der Waals surface area contributed by atoms with Crippen LogP contribution in [-0.4, -0.2) is 46.9 Å². The maximum Gasteiger partial charge on any atom is 0.450 e. The van der Waals surface area contributed by atoms with Gasteiger partial charge in [0.25, 0.3) is 5.72 Å². The van der Waals surface area contributed by atoms with E-state index in [1.54, 1.807) is 0 Å². The second-order valence-electron chi connectivity index (χ2n) is 5.46.